The van der Waals surface area contributed by atoms with E-state index in [0.29, 0.717) is 31.6 Å². The van der Waals surface area contributed by atoms with Gasteiger partial charge in [-0.25, -0.2) is 15.2 Å². The number of hydrogen-bond donors (Lipinski definition) is 3. The molecule has 132 valence electrons. The number of hydrazine groups is 1. The van der Waals surface area contributed by atoms with Gasteiger partial charge in [-0.3, -0.25) is 9.48 Å². The van der Waals surface area contributed by atoms with Crippen LogP contribution >= 0.6 is 0 Å². The van der Waals surface area contributed by atoms with Gasteiger partial charge in [0.15, 0.2) is 0 Å². The van der Waals surface area contributed by atoms with Gasteiger partial charge in [0.1, 0.15) is 11.9 Å². The van der Waals surface area contributed by atoms with Crippen molar-refractivity contribution in [1.82, 2.24) is 25.5 Å². The fourth-order valence-corrected chi connectivity index (χ4v) is 3.55. The Morgan fingerprint density at radius 2 is 2.16 bits per heavy atom. The number of fused-ring (bicyclic) bond motifs is 1. The number of carbonyl (C=O) groups excluding carboxylic acids is 1. The molecule has 4 rings (SSSR count). The predicted octanol–water partition coefficient (Wildman–Crippen LogP) is 0.465. The van der Waals surface area contributed by atoms with Gasteiger partial charge >= 0.3 is 0 Å². The van der Waals surface area contributed by atoms with Gasteiger partial charge in [-0.2, -0.15) is 5.10 Å². The minimum absolute atomic E-state index is 0.0144. The number of nitrogens with zero attached hydrogens (tertiary/aromatic N) is 3. The quantitative estimate of drug-likeness (QED) is 0.750. The summed E-state index contributed by atoms with van der Waals surface area (Å²) < 4.78 is 15.7. The standard InChI is InChI=1S/C17H20FN5O2/c18-13-4-2-1-3-12(13)14-7-15(21-20-14)17(25)22-9-11-8-19-23(5-6-24)16(11)10-22/h1-4,8,14-15,20-21,24H,5-7,9-10H2. The van der Waals surface area contributed by atoms with Crippen molar-refractivity contribution in [3.05, 3.63) is 53.1 Å². The fourth-order valence-electron chi connectivity index (χ4n) is 3.55. The maximum atomic E-state index is 13.9. The summed E-state index contributed by atoms with van der Waals surface area (Å²) in [4.78, 5) is 14.6. The van der Waals surface area contributed by atoms with Crippen molar-refractivity contribution in [1.29, 1.82) is 0 Å². The molecular formula is C17H20FN5O2. The first-order valence-electron chi connectivity index (χ1n) is 8.36. The number of halogens is 1. The van der Waals surface area contributed by atoms with Gasteiger partial charge in [-0.15, -0.1) is 0 Å². The van der Waals surface area contributed by atoms with E-state index >= 15 is 0 Å². The normalized spacial score (nSPS) is 22.4. The molecule has 1 aromatic carbocycles. The molecule has 3 N–H and O–H groups in total. The monoisotopic (exact) mass is 345 g/mol. The molecular weight excluding hydrogens is 325 g/mol. The molecule has 2 aliphatic rings. The zero-order chi connectivity index (χ0) is 17.4. The summed E-state index contributed by atoms with van der Waals surface area (Å²) in [6.07, 6.45) is 2.25. The molecule has 2 atom stereocenters. The average Bonchev–Trinajstić information content (AvgIpc) is 3.32. The van der Waals surface area contributed by atoms with Crippen LogP contribution in [0.15, 0.2) is 30.5 Å². The number of nitrogens with one attached hydrogen (secondary N) is 2. The van der Waals surface area contributed by atoms with Crippen molar-refractivity contribution in [2.75, 3.05) is 6.61 Å². The van der Waals surface area contributed by atoms with Crippen molar-refractivity contribution < 1.29 is 14.3 Å². The Morgan fingerprint density at radius 3 is 2.96 bits per heavy atom. The molecule has 0 spiro atoms. The second-order valence-electron chi connectivity index (χ2n) is 6.41. The molecule has 1 saturated heterocycles. The van der Waals surface area contributed by atoms with Crippen LogP contribution in [0.1, 0.15) is 29.3 Å². The lowest BCUT2D eigenvalue weighted by molar-refractivity contribution is -0.133. The molecule has 1 fully saturated rings. The number of carbonyl (C=O) groups is 1. The van der Waals surface area contributed by atoms with Crippen LogP contribution in [0.4, 0.5) is 4.39 Å². The second kappa shape index (κ2) is 6.55. The number of amides is 1. The molecule has 2 unspecified atom stereocenters. The van der Waals surface area contributed by atoms with Crippen LogP contribution in [0.25, 0.3) is 0 Å². The Labute approximate surface area is 144 Å². The lowest BCUT2D eigenvalue weighted by Gasteiger charge is -2.20. The van der Waals surface area contributed by atoms with E-state index in [1.54, 1.807) is 34.0 Å². The van der Waals surface area contributed by atoms with Crippen LogP contribution in [0, 0.1) is 5.82 Å². The summed E-state index contributed by atoms with van der Waals surface area (Å²) >= 11 is 0. The number of rotatable bonds is 4. The van der Waals surface area contributed by atoms with Gasteiger partial charge in [0, 0.05) is 17.7 Å². The van der Waals surface area contributed by atoms with Gasteiger partial charge in [0.25, 0.3) is 0 Å². The molecule has 7 nitrogen and oxygen atoms in total. The third kappa shape index (κ3) is 2.92. The highest BCUT2D eigenvalue weighted by Gasteiger charge is 2.36. The number of aliphatic hydroxyl groups excluding tert-OH is 1. The van der Waals surface area contributed by atoms with E-state index in [0.717, 1.165) is 11.3 Å². The molecule has 1 amide bonds. The predicted molar refractivity (Wildman–Crippen MR) is 87.4 cm³/mol. The van der Waals surface area contributed by atoms with Crippen molar-refractivity contribution in [3.8, 4) is 0 Å². The fraction of sp³-hybridized carbons (Fsp3) is 0.412. The van der Waals surface area contributed by atoms with E-state index in [1.165, 1.54) is 6.07 Å². The molecule has 2 aliphatic heterocycles. The molecule has 3 heterocycles. The summed E-state index contributed by atoms with van der Waals surface area (Å²) in [6.45, 7) is 1.44. The van der Waals surface area contributed by atoms with E-state index < -0.39 is 6.04 Å². The third-order valence-electron chi connectivity index (χ3n) is 4.84. The Balaban J connectivity index is 1.42. The molecule has 25 heavy (non-hydrogen) atoms. The Bertz CT molecular complexity index is 793. The Kier molecular flexibility index (Phi) is 4.24. The van der Waals surface area contributed by atoms with Crippen molar-refractivity contribution >= 4 is 5.91 Å². The van der Waals surface area contributed by atoms with Crippen LogP contribution in [-0.2, 0) is 24.4 Å². The second-order valence-corrected chi connectivity index (χ2v) is 6.41. The highest BCUT2D eigenvalue weighted by atomic mass is 19.1. The molecule has 0 radical (unpaired) electrons. The Hall–Kier alpha value is -2.29. The third-order valence-corrected chi connectivity index (χ3v) is 4.84. The largest absolute Gasteiger partial charge is 0.394 e. The van der Waals surface area contributed by atoms with Gasteiger partial charge in [0.2, 0.25) is 5.91 Å². The molecule has 0 aliphatic carbocycles. The number of hydrogen-bond acceptors (Lipinski definition) is 5. The number of aromatic nitrogens is 2. The van der Waals surface area contributed by atoms with Gasteiger partial charge < -0.3 is 10.0 Å². The first-order chi connectivity index (χ1) is 12.2. The van der Waals surface area contributed by atoms with Crippen LogP contribution in [0.5, 0.6) is 0 Å². The highest BCUT2D eigenvalue weighted by Crippen LogP contribution is 2.28. The highest BCUT2D eigenvalue weighted by molar-refractivity contribution is 5.82. The van der Waals surface area contributed by atoms with E-state index in [-0.39, 0.29) is 24.4 Å². The summed E-state index contributed by atoms with van der Waals surface area (Å²) in [6, 6.07) is 5.98. The van der Waals surface area contributed by atoms with E-state index in [9.17, 15) is 9.18 Å². The Morgan fingerprint density at radius 1 is 1.32 bits per heavy atom. The SMILES string of the molecule is O=C(C1CC(c2ccccc2F)NN1)N1Cc2cnn(CCO)c2C1. The zero-order valence-electron chi connectivity index (χ0n) is 13.7. The smallest absolute Gasteiger partial charge is 0.241 e. The van der Waals surface area contributed by atoms with Crippen LogP contribution in [0.2, 0.25) is 0 Å². The average molecular weight is 345 g/mol. The molecule has 0 bridgehead atoms. The first kappa shape index (κ1) is 16.2. The van der Waals surface area contributed by atoms with Crippen LogP contribution in [-0.4, -0.2) is 38.3 Å². The summed E-state index contributed by atoms with van der Waals surface area (Å²) in [5, 5.41) is 13.3. The number of aliphatic hydroxyl groups is 1. The van der Waals surface area contributed by atoms with Crippen LogP contribution in [0.3, 0.4) is 0 Å². The van der Waals surface area contributed by atoms with Crippen molar-refractivity contribution in [3.63, 3.8) is 0 Å². The summed E-state index contributed by atoms with van der Waals surface area (Å²) in [5.41, 5.74) is 8.57. The molecule has 1 aromatic heterocycles. The topological polar surface area (TPSA) is 82.4 Å². The van der Waals surface area contributed by atoms with E-state index in [1.807, 2.05) is 0 Å². The van der Waals surface area contributed by atoms with Crippen molar-refractivity contribution in [2.24, 2.45) is 0 Å². The van der Waals surface area contributed by atoms with E-state index in [4.69, 9.17) is 5.11 Å². The minimum atomic E-state index is -0.395. The maximum Gasteiger partial charge on any atom is 0.241 e. The lowest BCUT2D eigenvalue weighted by atomic mass is 10.0. The summed E-state index contributed by atoms with van der Waals surface area (Å²) in [7, 11) is 0. The number of benzene rings is 1. The molecule has 2 aromatic rings. The molecule has 8 heteroatoms. The van der Waals surface area contributed by atoms with Crippen molar-refractivity contribution in [2.45, 2.75) is 38.1 Å². The van der Waals surface area contributed by atoms with E-state index in [2.05, 4.69) is 16.0 Å². The summed E-state index contributed by atoms with van der Waals surface area (Å²) in [5.74, 6) is -0.286. The van der Waals surface area contributed by atoms with Gasteiger partial charge in [-0.05, 0) is 12.5 Å². The zero-order valence-corrected chi connectivity index (χ0v) is 13.7. The van der Waals surface area contributed by atoms with Gasteiger partial charge in [0.05, 0.1) is 37.6 Å². The minimum Gasteiger partial charge on any atom is -0.394 e. The maximum absolute atomic E-state index is 13.9. The first-order valence-corrected chi connectivity index (χ1v) is 8.36. The van der Waals surface area contributed by atoms with Gasteiger partial charge in [-0.1, -0.05) is 18.2 Å². The van der Waals surface area contributed by atoms with Crippen LogP contribution < -0.4 is 10.9 Å². The molecule has 0 saturated carbocycles. The lowest BCUT2D eigenvalue weighted by Crippen LogP contribution is -2.43.